The van der Waals surface area contributed by atoms with Crippen LogP contribution >= 0.6 is 0 Å². The molecular weight excluding hydrogens is 1280 g/mol. The molecule has 1 saturated heterocycles. The molecule has 11 atom stereocenters. The van der Waals surface area contributed by atoms with Crippen LogP contribution in [0.5, 0.6) is 0 Å². The smallest absolute Gasteiger partial charge is 0.322 e. The zero-order valence-corrected chi connectivity index (χ0v) is 54.9. The van der Waals surface area contributed by atoms with E-state index in [1.807, 2.05) is 0 Å². The van der Waals surface area contributed by atoms with Gasteiger partial charge in [0.15, 0.2) is 29.8 Å². The Morgan fingerprint density at radius 1 is 0.433 bits per heavy atom. The SMILES string of the molecule is C[C@H](NC(=O)[C@H](CCCN=C(N)N)NC(=O)[C@H](CCCN=C(N)N)NC(=O)[C@H](CCCN=C(N)N)NC(=O)[C@H](CCC(=O)O)NC(=O)[C@H](CCCN=C(N)N)NC(=O)[C@@H]1CCCN1C(=O)[C@@H](N)[C@@H](C)O)C(=O)N[C@@H](CCCCN)C(=O)N[C@@H](CCCN=C(N)N)C(=O)NCC(=O)O. The maximum Gasteiger partial charge on any atom is 0.322 e. The van der Waals surface area contributed by atoms with Crippen LogP contribution < -0.4 is 117 Å². The molecule has 0 aromatic carbocycles. The van der Waals surface area contributed by atoms with Gasteiger partial charge < -0.3 is 137 Å². The lowest BCUT2D eigenvalue weighted by Gasteiger charge is -2.29. The summed E-state index contributed by atoms with van der Waals surface area (Å²) in [6.07, 6.45) is -2.10. The molecule has 0 aliphatic carbocycles. The minimum atomic E-state index is -1.74. The van der Waals surface area contributed by atoms with Gasteiger partial charge >= 0.3 is 11.9 Å². The standard InChI is InChI=1S/C55H103N27O15/c1-28(41(88)75-31(11-3-4-20-56)44(91)76-30(12-5-21-68-51(58)59)42(89)73-27-39(86)87)74-43(90)32(13-6-22-69-52(60)61)77-45(92)33(14-7-23-70-53(62)63)78-46(93)34(15-8-24-71-54(64)65)79-48(95)36(18-19-38(84)85)80-47(94)35(16-9-25-72-55(66)67)81-49(96)37-17-10-26-82(37)50(97)40(57)29(2)83/h28-37,40,83H,3-27,56-57H2,1-2H3,(H,73,89)(H,74,90)(H,75,88)(H,76,91)(H,77,92)(H,78,93)(H,79,95)(H,80,94)(H,81,96)(H,84,85)(H,86,87)(H4,58,59,68)(H4,60,61,69)(H4,62,63,70)(H4,64,65,71)(H4,66,67,72)/t28-,29+,30-,31-,32-,33-,34-,35-,36-,37-,40-/m0/s1. The molecule has 36 N–H and O–H groups in total. The quantitative estimate of drug-likeness (QED) is 0.0153. The summed E-state index contributed by atoms with van der Waals surface area (Å²) in [7, 11) is 0. The van der Waals surface area contributed by atoms with Crippen molar-refractivity contribution in [1.82, 2.24) is 52.8 Å². The van der Waals surface area contributed by atoms with E-state index >= 15 is 0 Å². The number of unbranched alkanes of at least 4 members (excludes halogenated alkanes) is 1. The first kappa shape index (κ1) is 84.9. The molecule has 0 spiro atoms. The number of rotatable bonds is 48. The number of amides is 10. The Bertz CT molecular complexity index is 2770. The van der Waals surface area contributed by atoms with Crippen molar-refractivity contribution in [3.8, 4) is 0 Å². The molecule has 42 heteroatoms. The van der Waals surface area contributed by atoms with Crippen molar-refractivity contribution >= 4 is 101 Å². The summed E-state index contributed by atoms with van der Waals surface area (Å²) in [6, 6.07) is -14.6. The van der Waals surface area contributed by atoms with Crippen molar-refractivity contribution in [3.05, 3.63) is 0 Å². The monoisotopic (exact) mass is 1380 g/mol. The summed E-state index contributed by atoms with van der Waals surface area (Å²) in [5, 5.41) is 51.5. The minimum absolute atomic E-state index is 0.000466. The van der Waals surface area contributed by atoms with Crippen molar-refractivity contribution in [2.24, 2.45) is 93.8 Å². The fourth-order valence-corrected chi connectivity index (χ4v) is 9.45. The van der Waals surface area contributed by atoms with Crippen molar-refractivity contribution < 1.29 is 72.9 Å². The molecule has 0 radical (unpaired) electrons. The number of hydrogen-bond acceptors (Lipinski definition) is 20. The summed E-state index contributed by atoms with van der Waals surface area (Å²) in [5.41, 5.74) is 66.7. The molecule has 0 aromatic heterocycles. The number of nitrogens with one attached hydrogen (secondary N) is 9. The molecule has 1 rings (SSSR count). The third kappa shape index (κ3) is 35.8. The lowest BCUT2D eigenvalue weighted by Crippen LogP contribution is -2.60. The first-order chi connectivity index (χ1) is 45.7. The summed E-state index contributed by atoms with van der Waals surface area (Å²) >= 11 is 0. The molecule has 548 valence electrons. The highest BCUT2D eigenvalue weighted by Crippen LogP contribution is 2.20. The van der Waals surface area contributed by atoms with Crippen molar-refractivity contribution in [3.63, 3.8) is 0 Å². The van der Waals surface area contributed by atoms with Crippen LogP contribution in [0.25, 0.3) is 0 Å². The molecule has 1 aliphatic heterocycles. The van der Waals surface area contributed by atoms with Crippen LogP contribution in [0.15, 0.2) is 25.0 Å². The fourth-order valence-electron chi connectivity index (χ4n) is 9.45. The number of likely N-dealkylation sites (tertiary alicyclic amines) is 1. The number of aliphatic imine (C=N–C) groups is 5. The fraction of sp³-hybridized carbons (Fsp3) is 0.691. The second-order valence-electron chi connectivity index (χ2n) is 22.7. The van der Waals surface area contributed by atoms with Crippen LogP contribution in [-0.2, 0) is 57.5 Å². The lowest BCUT2D eigenvalue weighted by molar-refractivity contribution is -0.142. The van der Waals surface area contributed by atoms with Gasteiger partial charge in [-0.3, -0.25) is 82.5 Å². The molecule has 0 saturated carbocycles. The van der Waals surface area contributed by atoms with Gasteiger partial charge in [-0.1, -0.05) is 0 Å². The van der Waals surface area contributed by atoms with Crippen molar-refractivity contribution in [2.45, 2.75) is 190 Å². The molecule has 10 amide bonds. The summed E-state index contributed by atoms with van der Waals surface area (Å²) in [4.78, 5) is 184. The molecule has 1 fully saturated rings. The van der Waals surface area contributed by atoms with Gasteiger partial charge in [-0.25, -0.2) is 0 Å². The Kier molecular flexibility index (Phi) is 40.3. The zero-order valence-electron chi connectivity index (χ0n) is 54.9. The maximum absolute atomic E-state index is 14.6. The Labute approximate surface area is 560 Å². The van der Waals surface area contributed by atoms with Crippen molar-refractivity contribution in [1.29, 1.82) is 0 Å². The van der Waals surface area contributed by atoms with Crippen LogP contribution in [0.3, 0.4) is 0 Å². The highest BCUT2D eigenvalue weighted by molar-refractivity contribution is 5.99. The van der Waals surface area contributed by atoms with Gasteiger partial charge in [-0.15, -0.1) is 0 Å². The maximum atomic E-state index is 14.6. The van der Waals surface area contributed by atoms with Gasteiger partial charge in [0.2, 0.25) is 59.1 Å². The first-order valence-electron chi connectivity index (χ1n) is 31.5. The third-order valence-corrected chi connectivity index (χ3v) is 14.6. The van der Waals surface area contributed by atoms with Crippen LogP contribution in [0.2, 0.25) is 0 Å². The van der Waals surface area contributed by atoms with E-state index in [1.54, 1.807) is 0 Å². The van der Waals surface area contributed by atoms with Crippen LogP contribution in [-0.4, -0.2) is 240 Å². The average molecular weight is 1380 g/mol. The molecule has 0 unspecified atom stereocenters. The van der Waals surface area contributed by atoms with E-state index in [-0.39, 0.29) is 153 Å². The highest BCUT2D eigenvalue weighted by atomic mass is 16.4. The van der Waals surface area contributed by atoms with Gasteiger partial charge in [-0.05, 0) is 123 Å². The van der Waals surface area contributed by atoms with Crippen LogP contribution in [0, 0.1) is 0 Å². The zero-order chi connectivity index (χ0) is 73.3. The second-order valence-corrected chi connectivity index (χ2v) is 22.7. The number of carboxylic acid groups (broad SMARTS) is 2. The largest absolute Gasteiger partial charge is 0.481 e. The predicted molar refractivity (Wildman–Crippen MR) is 355 cm³/mol. The third-order valence-electron chi connectivity index (χ3n) is 14.6. The van der Waals surface area contributed by atoms with Crippen molar-refractivity contribution in [2.75, 3.05) is 52.4 Å². The van der Waals surface area contributed by atoms with Gasteiger partial charge in [-0.2, -0.15) is 0 Å². The van der Waals surface area contributed by atoms with E-state index in [2.05, 4.69) is 72.8 Å². The summed E-state index contributed by atoms with van der Waals surface area (Å²) in [5.74, 6) is -13.5. The Balaban J connectivity index is 3.78. The normalized spacial score (nSPS) is 15.5. The summed E-state index contributed by atoms with van der Waals surface area (Å²) in [6.45, 7) is 1.86. The molecule has 42 nitrogen and oxygen atoms in total. The van der Waals surface area contributed by atoms with E-state index in [4.69, 9.17) is 73.9 Å². The number of nitrogens with zero attached hydrogens (tertiary/aromatic N) is 6. The Morgan fingerprint density at radius 3 is 1.08 bits per heavy atom. The van der Waals surface area contributed by atoms with E-state index in [1.165, 1.54) is 18.7 Å². The molecule has 1 heterocycles. The number of aliphatic carboxylic acids is 2. The van der Waals surface area contributed by atoms with E-state index in [0.717, 1.165) is 0 Å². The number of carbonyl (C=O) groups excluding carboxylic acids is 10. The van der Waals surface area contributed by atoms with E-state index in [9.17, 15) is 67.7 Å². The number of aliphatic hydroxyl groups excluding tert-OH is 1. The topological polar surface area (TPSA) is 751 Å². The Hall–Kier alpha value is -10.1. The molecule has 97 heavy (non-hydrogen) atoms. The minimum Gasteiger partial charge on any atom is -0.481 e. The number of nitrogens with two attached hydrogens (primary N) is 12. The van der Waals surface area contributed by atoms with Gasteiger partial charge in [0.1, 0.15) is 67.0 Å². The van der Waals surface area contributed by atoms with Crippen LogP contribution in [0.4, 0.5) is 0 Å². The lowest BCUT2D eigenvalue weighted by atomic mass is 10.0. The Morgan fingerprint density at radius 2 is 0.753 bits per heavy atom. The average Bonchev–Trinajstić information content (AvgIpc) is 1.76. The van der Waals surface area contributed by atoms with Crippen LogP contribution in [0.1, 0.15) is 123 Å². The van der Waals surface area contributed by atoms with Gasteiger partial charge in [0.25, 0.3) is 0 Å². The number of aliphatic hydroxyl groups is 1. The number of carboxylic acids is 2. The summed E-state index contributed by atoms with van der Waals surface area (Å²) < 4.78 is 0. The predicted octanol–water partition coefficient (Wildman–Crippen LogP) is -11.0. The number of guanidine groups is 5. The first-order valence-corrected chi connectivity index (χ1v) is 31.5. The number of carbonyl (C=O) groups is 12. The highest BCUT2D eigenvalue weighted by Gasteiger charge is 2.40. The van der Waals surface area contributed by atoms with Gasteiger partial charge in [0, 0.05) is 45.7 Å². The van der Waals surface area contributed by atoms with E-state index < -0.39 is 157 Å². The molecule has 0 bridgehead atoms. The molecule has 0 aromatic rings. The molecular formula is C55H103N27O15. The second kappa shape index (κ2) is 46.1. The number of hydrogen-bond donors (Lipinski definition) is 24. The van der Waals surface area contributed by atoms with E-state index in [0.29, 0.717) is 19.3 Å². The molecule has 1 aliphatic rings. The van der Waals surface area contributed by atoms with Gasteiger partial charge in [0.05, 0.1) is 6.10 Å².